The predicted octanol–water partition coefficient (Wildman–Crippen LogP) is 4.16. The fourth-order valence-corrected chi connectivity index (χ4v) is 1.98. The SMILES string of the molecule is CCC(C)Nc1ccc(NC(=O)c2ccc(OC)cc2)cc1. The normalized spacial score (nSPS) is 11.6. The molecule has 2 aromatic carbocycles. The Hall–Kier alpha value is -2.49. The lowest BCUT2D eigenvalue weighted by Gasteiger charge is -2.13. The summed E-state index contributed by atoms with van der Waals surface area (Å²) >= 11 is 0. The van der Waals surface area contributed by atoms with Gasteiger partial charge in [-0.1, -0.05) is 6.92 Å². The van der Waals surface area contributed by atoms with Gasteiger partial charge in [0, 0.05) is 23.0 Å². The van der Waals surface area contributed by atoms with Gasteiger partial charge in [-0.25, -0.2) is 0 Å². The third kappa shape index (κ3) is 4.25. The minimum atomic E-state index is -0.134. The average Bonchev–Trinajstić information content (AvgIpc) is 2.56. The number of amides is 1. The molecule has 2 aromatic rings. The first kappa shape index (κ1) is 15.9. The molecule has 0 aliphatic carbocycles. The number of nitrogens with one attached hydrogen (secondary N) is 2. The molecule has 1 unspecified atom stereocenters. The molecule has 4 nitrogen and oxygen atoms in total. The number of benzene rings is 2. The van der Waals surface area contributed by atoms with Crippen LogP contribution in [0.25, 0.3) is 0 Å². The number of carbonyl (C=O) groups excluding carboxylic acids is 1. The lowest BCUT2D eigenvalue weighted by atomic mass is 10.2. The second kappa shape index (κ2) is 7.50. The van der Waals surface area contributed by atoms with Gasteiger partial charge in [-0.05, 0) is 61.9 Å². The zero-order valence-electron chi connectivity index (χ0n) is 13.2. The van der Waals surface area contributed by atoms with Gasteiger partial charge in [0.1, 0.15) is 5.75 Å². The fourth-order valence-electron chi connectivity index (χ4n) is 1.98. The largest absolute Gasteiger partial charge is 0.497 e. The molecule has 4 heteroatoms. The van der Waals surface area contributed by atoms with E-state index in [-0.39, 0.29) is 5.91 Å². The third-order valence-electron chi connectivity index (χ3n) is 3.52. The van der Waals surface area contributed by atoms with Crippen LogP contribution >= 0.6 is 0 Å². The van der Waals surface area contributed by atoms with E-state index in [2.05, 4.69) is 24.5 Å². The Bertz CT molecular complexity index is 606. The van der Waals surface area contributed by atoms with Gasteiger partial charge in [-0.15, -0.1) is 0 Å². The van der Waals surface area contributed by atoms with Crippen LogP contribution in [-0.2, 0) is 0 Å². The van der Waals surface area contributed by atoms with Gasteiger partial charge < -0.3 is 15.4 Å². The van der Waals surface area contributed by atoms with Crippen LogP contribution in [0.3, 0.4) is 0 Å². The number of carbonyl (C=O) groups is 1. The van der Waals surface area contributed by atoms with Crippen LogP contribution < -0.4 is 15.4 Å². The van der Waals surface area contributed by atoms with Crippen molar-refractivity contribution in [1.29, 1.82) is 0 Å². The molecule has 0 aliphatic rings. The number of ether oxygens (including phenoxy) is 1. The van der Waals surface area contributed by atoms with Crippen molar-refractivity contribution < 1.29 is 9.53 Å². The van der Waals surface area contributed by atoms with E-state index >= 15 is 0 Å². The van der Waals surface area contributed by atoms with E-state index in [0.29, 0.717) is 11.6 Å². The lowest BCUT2D eigenvalue weighted by Crippen LogP contribution is -2.14. The van der Waals surface area contributed by atoms with Crippen LogP contribution in [0.5, 0.6) is 5.75 Å². The Balaban J connectivity index is 1.98. The molecule has 0 saturated carbocycles. The number of rotatable bonds is 6. The molecule has 0 saturated heterocycles. The molecule has 0 heterocycles. The molecule has 116 valence electrons. The van der Waals surface area contributed by atoms with E-state index in [4.69, 9.17) is 4.74 Å². The quantitative estimate of drug-likeness (QED) is 0.842. The van der Waals surface area contributed by atoms with Crippen molar-refractivity contribution in [3.8, 4) is 5.75 Å². The monoisotopic (exact) mass is 298 g/mol. The molecule has 2 N–H and O–H groups in total. The molecule has 0 fully saturated rings. The zero-order valence-corrected chi connectivity index (χ0v) is 13.2. The highest BCUT2D eigenvalue weighted by Gasteiger charge is 2.06. The maximum atomic E-state index is 12.2. The maximum Gasteiger partial charge on any atom is 0.255 e. The summed E-state index contributed by atoms with van der Waals surface area (Å²) in [6, 6.07) is 15.2. The highest BCUT2D eigenvalue weighted by atomic mass is 16.5. The van der Waals surface area contributed by atoms with E-state index in [1.165, 1.54) is 0 Å². The van der Waals surface area contributed by atoms with E-state index in [9.17, 15) is 4.79 Å². The van der Waals surface area contributed by atoms with Gasteiger partial charge in [-0.3, -0.25) is 4.79 Å². The number of hydrogen-bond donors (Lipinski definition) is 2. The number of hydrogen-bond acceptors (Lipinski definition) is 3. The van der Waals surface area contributed by atoms with Gasteiger partial charge >= 0.3 is 0 Å². The van der Waals surface area contributed by atoms with Gasteiger partial charge in [0.05, 0.1) is 7.11 Å². The zero-order chi connectivity index (χ0) is 15.9. The van der Waals surface area contributed by atoms with Crippen molar-refractivity contribution >= 4 is 17.3 Å². The summed E-state index contributed by atoms with van der Waals surface area (Å²) in [7, 11) is 1.60. The standard InChI is InChI=1S/C18H22N2O2/c1-4-13(2)19-15-7-9-16(10-8-15)20-18(21)14-5-11-17(22-3)12-6-14/h5-13,19H,4H2,1-3H3,(H,20,21). The van der Waals surface area contributed by atoms with Gasteiger partial charge in [0.2, 0.25) is 0 Å². The molecule has 0 bridgehead atoms. The summed E-state index contributed by atoms with van der Waals surface area (Å²) in [4.78, 5) is 12.2. The summed E-state index contributed by atoms with van der Waals surface area (Å²) in [5.41, 5.74) is 2.43. The molecule has 2 rings (SSSR count). The van der Waals surface area contributed by atoms with Crippen LogP contribution in [0.1, 0.15) is 30.6 Å². The molecule has 1 atom stereocenters. The Morgan fingerprint density at radius 2 is 1.64 bits per heavy atom. The smallest absolute Gasteiger partial charge is 0.255 e. The van der Waals surface area contributed by atoms with Crippen molar-refractivity contribution in [3.63, 3.8) is 0 Å². The van der Waals surface area contributed by atoms with Gasteiger partial charge in [0.15, 0.2) is 0 Å². The van der Waals surface area contributed by atoms with Crippen LogP contribution in [0.2, 0.25) is 0 Å². The summed E-state index contributed by atoms with van der Waals surface area (Å²) < 4.78 is 5.08. The second-order valence-corrected chi connectivity index (χ2v) is 5.21. The van der Waals surface area contributed by atoms with Crippen molar-refractivity contribution in [2.45, 2.75) is 26.3 Å². The molecule has 0 aliphatic heterocycles. The van der Waals surface area contributed by atoms with E-state index in [1.807, 2.05) is 24.3 Å². The number of methoxy groups -OCH3 is 1. The van der Waals surface area contributed by atoms with Crippen molar-refractivity contribution in [1.82, 2.24) is 0 Å². The Morgan fingerprint density at radius 3 is 2.18 bits per heavy atom. The maximum absolute atomic E-state index is 12.2. The first-order chi connectivity index (χ1) is 10.6. The molecule has 0 spiro atoms. The van der Waals surface area contributed by atoms with Crippen LogP contribution in [-0.4, -0.2) is 19.1 Å². The Kier molecular flexibility index (Phi) is 5.42. The van der Waals surface area contributed by atoms with Crippen LogP contribution in [0.15, 0.2) is 48.5 Å². The van der Waals surface area contributed by atoms with E-state index in [1.54, 1.807) is 31.4 Å². The first-order valence-electron chi connectivity index (χ1n) is 7.44. The molecular weight excluding hydrogens is 276 g/mol. The molecule has 22 heavy (non-hydrogen) atoms. The number of anilines is 2. The predicted molar refractivity (Wildman–Crippen MR) is 90.8 cm³/mol. The topological polar surface area (TPSA) is 50.4 Å². The molecular formula is C18H22N2O2. The highest BCUT2D eigenvalue weighted by Crippen LogP contribution is 2.17. The first-order valence-corrected chi connectivity index (χ1v) is 7.44. The Labute approximate surface area is 131 Å². The van der Waals surface area contributed by atoms with Crippen molar-refractivity contribution in [2.24, 2.45) is 0 Å². The second-order valence-electron chi connectivity index (χ2n) is 5.21. The molecule has 1 amide bonds. The molecule has 0 aromatic heterocycles. The average molecular weight is 298 g/mol. The Morgan fingerprint density at radius 1 is 1.05 bits per heavy atom. The summed E-state index contributed by atoms with van der Waals surface area (Å²) in [5.74, 6) is 0.599. The third-order valence-corrected chi connectivity index (χ3v) is 3.52. The summed E-state index contributed by atoms with van der Waals surface area (Å²) in [5, 5.41) is 6.27. The van der Waals surface area contributed by atoms with Gasteiger partial charge in [0.25, 0.3) is 5.91 Å². The van der Waals surface area contributed by atoms with Crippen molar-refractivity contribution in [2.75, 3.05) is 17.7 Å². The van der Waals surface area contributed by atoms with Gasteiger partial charge in [-0.2, -0.15) is 0 Å². The van der Waals surface area contributed by atoms with E-state index < -0.39 is 0 Å². The highest BCUT2D eigenvalue weighted by molar-refractivity contribution is 6.04. The minimum absolute atomic E-state index is 0.134. The van der Waals surface area contributed by atoms with Crippen LogP contribution in [0, 0.1) is 0 Å². The minimum Gasteiger partial charge on any atom is -0.497 e. The lowest BCUT2D eigenvalue weighted by molar-refractivity contribution is 0.102. The van der Waals surface area contributed by atoms with Crippen LogP contribution in [0.4, 0.5) is 11.4 Å². The van der Waals surface area contributed by atoms with E-state index in [0.717, 1.165) is 23.5 Å². The molecule has 0 radical (unpaired) electrons. The fraction of sp³-hybridized carbons (Fsp3) is 0.278. The summed E-state index contributed by atoms with van der Waals surface area (Å²) in [6.45, 7) is 4.28. The summed E-state index contributed by atoms with van der Waals surface area (Å²) in [6.07, 6.45) is 1.07. The van der Waals surface area contributed by atoms with Crippen molar-refractivity contribution in [3.05, 3.63) is 54.1 Å².